The van der Waals surface area contributed by atoms with Crippen LogP contribution in [0, 0.1) is 23.7 Å². The van der Waals surface area contributed by atoms with Crippen molar-refractivity contribution in [1.82, 2.24) is 25.6 Å². The van der Waals surface area contributed by atoms with Crippen molar-refractivity contribution in [3.63, 3.8) is 0 Å². The fourth-order valence-electron chi connectivity index (χ4n) is 7.26. The number of rotatable bonds is 7. The second-order valence-corrected chi connectivity index (χ2v) is 12.8. The largest absolute Gasteiger partial charge is 0.493 e. The van der Waals surface area contributed by atoms with Gasteiger partial charge in [0, 0.05) is 50.8 Å². The Morgan fingerprint density at radius 3 is 2.62 bits per heavy atom. The van der Waals surface area contributed by atoms with Crippen LogP contribution in [0.25, 0.3) is 0 Å². The molecule has 3 saturated heterocycles. The van der Waals surface area contributed by atoms with Crippen LogP contribution in [-0.2, 0) is 22.4 Å². The van der Waals surface area contributed by atoms with Gasteiger partial charge in [-0.15, -0.1) is 0 Å². The van der Waals surface area contributed by atoms with Gasteiger partial charge in [0.2, 0.25) is 5.91 Å². The molecule has 9 heteroatoms. The Hall–Kier alpha value is -2.78. The minimum Gasteiger partial charge on any atom is -0.493 e. The number of Topliss-reactive ketones (excluding diaryl/α,β-unsaturated/α-hetero) is 1. The SMILES string of the molecule is O=C(c1cc(OCC2CCOCC2)cc(C2CC2)c1)C1CC[C@@H]2CN(C(=O)[C@@H]3CCc4n[nH]nc4C3)C[C@@H]2CN1. The lowest BCUT2D eigenvalue weighted by Gasteiger charge is -2.26. The number of nitrogens with zero attached hydrogens (tertiary/aromatic N) is 3. The summed E-state index contributed by atoms with van der Waals surface area (Å²) in [6, 6.07) is 6.04. The van der Waals surface area contributed by atoms with Crippen molar-refractivity contribution in [2.24, 2.45) is 23.7 Å². The third-order valence-corrected chi connectivity index (χ3v) is 9.97. The number of carbonyl (C=O) groups is 2. The quantitative estimate of drug-likeness (QED) is 0.512. The molecule has 1 amide bonds. The van der Waals surface area contributed by atoms with Crippen LogP contribution in [0.1, 0.15) is 78.2 Å². The van der Waals surface area contributed by atoms with E-state index in [9.17, 15) is 9.59 Å². The molecule has 3 aliphatic heterocycles. The van der Waals surface area contributed by atoms with Crippen LogP contribution in [0.2, 0.25) is 0 Å². The van der Waals surface area contributed by atoms with Gasteiger partial charge in [0.15, 0.2) is 5.78 Å². The fourth-order valence-corrected chi connectivity index (χ4v) is 7.26. The highest BCUT2D eigenvalue weighted by molar-refractivity contribution is 6.00. The van der Waals surface area contributed by atoms with Crippen molar-refractivity contribution in [3.8, 4) is 5.75 Å². The van der Waals surface area contributed by atoms with Crippen LogP contribution < -0.4 is 10.1 Å². The van der Waals surface area contributed by atoms with Gasteiger partial charge in [-0.3, -0.25) is 9.59 Å². The van der Waals surface area contributed by atoms with Crippen molar-refractivity contribution in [1.29, 1.82) is 0 Å². The Morgan fingerprint density at radius 2 is 1.77 bits per heavy atom. The van der Waals surface area contributed by atoms with E-state index in [1.807, 2.05) is 6.07 Å². The molecule has 0 radical (unpaired) electrons. The first kappa shape index (κ1) is 26.1. The number of carbonyl (C=O) groups excluding carboxylic acids is 2. The number of amides is 1. The zero-order valence-electron chi connectivity index (χ0n) is 23.3. The number of nitrogens with one attached hydrogen (secondary N) is 2. The summed E-state index contributed by atoms with van der Waals surface area (Å²) in [4.78, 5) is 29.2. The lowest BCUT2D eigenvalue weighted by atomic mass is 9.89. The molecule has 4 atom stereocenters. The Morgan fingerprint density at radius 1 is 0.950 bits per heavy atom. The molecular weight excluding hydrogens is 506 g/mol. The van der Waals surface area contributed by atoms with Crippen LogP contribution in [0.5, 0.6) is 5.75 Å². The Bertz CT molecular complexity index is 1220. The molecule has 4 heterocycles. The van der Waals surface area contributed by atoms with Gasteiger partial charge in [-0.25, -0.2) is 0 Å². The Balaban J connectivity index is 0.969. The summed E-state index contributed by atoms with van der Waals surface area (Å²) in [6.45, 7) is 4.66. The average molecular weight is 548 g/mol. The third kappa shape index (κ3) is 5.55. The van der Waals surface area contributed by atoms with Gasteiger partial charge in [-0.2, -0.15) is 15.4 Å². The van der Waals surface area contributed by atoms with Gasteiger partial charge < -0.3 is 19.7 Å². The van der Waals surface area contributed by atoms with E-state index in [1.54, 1.807) is 0 Å². The van der Waals surface area contributed by atoms with Gasteiger partial charge in [0.25, 0.3) is 0 Å². The van der Waals surface area contributed by atoms with Gasteiger partial charge in [0.1, 0.15) is 5.75 Å². The van der Waals surface area contributed by atoms with Crippen LogP contribution in [-0.4, -0.2) is 77.5 Å². The monoisotopic (exact) mass is 547 g/mol. The standard InChI is InChI=1S/C31H41N5O4/c37-30(24-11-23(20-1-2-20)12-26(13-24)40-18-19-7-9-39-10-8-19)28-6-4-22-16-36(17-25(22)15-32-28)31(38)21-3-5-27-29(14-21)34-35-33-27/h11-13,19-22,25,28,32H,1-10,14-18H2,(H,33,34,35)/t21-,22-,25+,28?/m1/s1. The molecule has 1 unspecified atom stereocenters. The van der Waals surface area contributed by atoms with E-state index < -0.39 is 0 Å². The summed E-state index contributed by atoms with van der Waals surface area (Å²) >= 11 is 0. The van der Waals surface area contributed by atoms with Crippen LogP contribution in [0.4, 0.5) is 0 Å². The number of fused-ring (bicyclic) bond motifs is 2. The number of H-pyrrole nitrogens is 1. The summed E-state index contributed by atoms with van der Waals surface area (Å²) in [5.74, 6) is 3.19. The van der Waals surface area contributed by atoms with E-state index in [0.717, 1.165) is 94.1 Å². The van der Waals surface area contributed by atoms with Crippen molar-refractivity contribution < 1.29 is 19.1 Å². The summed E-state index contributed by atoms with van der Waals surface area (Å²) < 4.78 is 11.7. The first-order chi connectivity index (χ1) is 19.6. The maximum atomic E-state index is 13.8. The molecule has 4 fully saturated rings. The highest BCUT2D eigenvalue weighted by atomic mass is 16.5. The first-order valence-corrected chi connectivity index (χ1v) is 15.4. The molecule has 2 aromatic rings. The topological polar surface area (TPSA) is 109 Å². The number of hydrogen-bond donors (Lipinski definition) is 2. The normalized spacial score (nSPS) is 28.9. The van der Waals surface area contributed by atoms with Crippen LogP contribution >= 0.6 is 0 Å². The molecule has 2 N–H and O–H groups in total. The lowest BCUT2D eigenvalue weighted by molar-refractivity contribution is -0.135. The number of aryl methyl sites for hydroxylation is 1. The maximum Gasteiger partial charge on any atom is 0.226 e. The van der Waals surface area contributed by atoms with Gasteiger partial charge in [-0.1, -0.05) is 0 Å². The fraction of sp³-hybridized carbons (Fsp3) is 0.677. The van der Waals surface area contributed by atoms with Crippen LogP contribution in [0.15, 0.2) is 18.2 Å². The molecule has 1 aromatic heterocycles. The number of aromatic amines is 1. The van der Waals surface area contributed by atoms with E-state index >= 15 is 0 Å². The molecule has 7 rings (SSSR count). The van der Waals surface area contributed by atoms with Gasteiger partial charge in [0.05, 0.1) is 24.0 Å². The highest BCUT2D eigenvalue weighted by Gasteiger charge is 2.41. The van der Waals surface area contributed by atoms with E-state index in [0.29, 0.717) is 36.7 Å². The molecule has 5 aliphatic rings. The van der Waals surface area contributed by atoms with Crippen LogP contribution in [0.3, 0.4) is 0 Å². The van der Waals surface area contributed by atoms with Gasteiger partial charge in [-0.05, 0) is 98.8 Å². The molecule has 0 bridgehead atoms. The number of ether oxygens (including phenoxy) is 2. The number of aromatic nitrogens is 3. The molecule has 40 heavy (non-hydrogen) atoms. The molecule has 0 spiro atoms. The summed E-state index contributed by atoms with van der Waals surface area (Å²) in [5, 5.41) is 14.8. The van der Waals surface area contributed by atoms with Crippen molar-refractivity contribution in [3.05, 3.63) is 40.7 Å². The number of likely N-dealkylation sites (tertiary alicyclic amines) is 1. The second-order valence-electron chi connectivity index (χ2n) is 12.8. The Kier molecular flexibility index (Phi) is 7.35. The van der Waals surface area contributed by atoms with Gasteiger partial charge >= 0.3 is 0 Å². The van der Waals surface area contributed by atoms with E-state index in [4.69, 9.17) is 9.47 Å². The summed E-state index contributed by atoms with van der Waals surface area (Å²) in [6.07, 6.45) is 8.58. The molecular formula is C31H41N5O4. The minimum atomic E-state index is -0.184. The second kappa shape index (κ2) is 11.2. The molecule has 1 aromatic carbocycles. The maximum absolute atomic E-state index is 13.8. The summed E-state index contributed by atoms with van der Waals surface area (Å²) in [7, 11) is 0. The smallest absolute Gasteiger partial charge is 0.226 e. The number of benzene rings is 1. The number of ketones is 1. The van der Waals surface area contributed by atoms with Crippen molar-refractivity contribution in [2.75, 3.05) is 39.5 Å². The molecule has 1 saturated carbocycles. The number of hydrogen-bond acceptors (Lipinski definition) is 7. The minimum absolute atomic E-state index is 0.00355. The highest BCUT2D eigenvalue weighted by Crippen LogP contribution is 2.42. The lowest BCUT2D eigenvalue weighted by Crippen LogP contribution is -2.40. The van der Waals surface area contributed by atoms with Crippen molar-refractivity contribution in [2.45, 2.75) is 69.7 Å². The van der Waals surface area contributed by atoms with E-state index in [1.165, 1.54) is 18.4 Å². The van der Waals surface area contributed by atoms with Crippen molar-refractivity contribution >= 4 is 11.7 Å². The summed E-state index contributed by atoms with van der Waals surface area (Å²) in [5.41, 5.74) is 3.98. The molecule has 214 valence electrons. The Labute approximate surface area is 235 Å². The van der Waals surface area contributed by atoms with E-state index in [-0.39, 0.29) is 23.7 Å². The molecule has 9 nitrogen and oxygen atoms in total. The predicted molar refractivity (Wildman–Crippen MR) is 148 cm³/mol. The third-order valence-electron chi connectivity index (χ3n) is 9.97. The zero-order chi connectivity index (χ0) is 27.1. The predicted octanol–water partition coefficient (Wildman–Crippen LogP) is 3.30. The molecule has 2 aliphatic carbocycles. The average Bonchev–Trinajstić information content (AvgIpc) is 3.66. The zero-order valence-corrected chi connectivity index (χ0v) is 23.3. The van der Waals surface area contributed by atoms with E-state index in [2.05, 4.69) is 37.8 Å². The first-order valence-electron chi connectivity index (χ1n) is 15.4.